The van der Waals surface area contributed by atoms with E-state index in [1.807, 2.05) is 0 Å². The van der Waals surface area contributed by atoms with Crippen molar-refractivity contribution in [3.05, 3.63) is 53.4 Å². The number of nitrogens with two attached hydrogens (primary N) is 1. The van der Waals surface area contributed by atoms with E-state index in [1.54, 1.807) is 24.3 Å². The van der Waals surface area contributed by atoms with Gasteiger partial charge < -0.3 is 21.1 Å². The van der Waals surface area contributed by atoms with Crippen LogP contribution in [-0.2, 0) is 0 Å². The number of hydrogen-bond acceptors (Lipinski definition) is 4. The van der Waals surface area contributed by atoms with Gasteiger partial charge in [0.2, 0.25) is 0 Å². The summed E-state index contributed by atoms with van der Waals surface area (Å²) >= 11 is 1.13. The molecule has 10 heteroatoms. The Bertz CT molecular complexity index is 1020. The Balaban J connectivity index is 1.81. The average molecular weight is 395 g/mol. The van der Waals surface area contributed by atoms with Crippen molar-refractivity contribution in [2.45, 2.75) is 6.36 Å². The highest BCUT2D eigenvalue weighted by molar-refractivity contribution is 7.21. The van der Waals surface area contributed by atoms with Crippen molar-refractivity contribution in [2.24, 2.45) is 5.73 Å². The van der Waals surface area contributed by atoms with Gasteiger partial charge in [0.05, 0.1) is 5.69 Å². The lowest BCUT2D eigenvalue weighted by atomic mass is 10.2. The lowest BCUT2D eigenvalue weighted by Crippen LogP contribution is -2.22. The van der Waals surface area contributed by atoms with Crippen molar-refractivity contribution >= 4 is 44.7 Å². The minimum absolute atomic E-state index is 0.0782. The molecule has 0 aliphatic rings. The molecule has 0 saturated heterocycles. The van der Waals surface area contributed by atoms with Gasteiger partial charge in [0, 0.05) is 21.8 Å². The smallest absolute Gasteiger partial charge is 0.406 e. The SMILES string of the molecule is NC(=O)c1sc2ccccc2c1NC(=O)Nc1cccc(OC(F)(F)F)c1. The predicted molar refractivity (Wildman–Crippen MR) is 96.1 cm³/mol. The van der Waals surface area contributed by atoms with Crippen LogP contribution in [-0.4, -0.2) is 18.3 Å². The van der Waals surface area contributed by atoms with Crippen molar-refractivity contribution in [3.8, 4) is 5.75 Å². The van der Waals surface area contributed by atoms with E-state index in [0.29, 0.717) is 5.39 Å². The van der Waals surface area contributed by atoms with Crippen LogP contribution in [0, 0.1) is 0 Å². The lowest BCUT2D eigenvalue weighted by Gasteiger charge is -2.11. The number of nitrogens with one attached hydrogen (secondary N) is 2. The number of hydrogen-bond donors (Lipinski definition) is 3. The van der Waals surface area contributed by atoms with Crippen molar-refractivity contribution in [3.63, 3.8) is 0 Å². The van der Waals surface area contributed by atoms with E-state index in [9.17, 15) is 22.8 Å². The molecule has 1 heterocycles. The van der Waals surface area contributed by atoms with E-state index in [0.717, 1.165) is 28.2 Å². The number of urea groups is 1. The van der Waals surface area contributed by atoms with E-state index in [1.165, 1.54) is 12.1 Å². The summed E-state index contributed by atoms with van der Waals surface area (Å²) in [7, 11) is 0. The Labute approximate surface area is 154 Å². The van der Waals surface area contributed by atoms with Gasteiger partial charge in [-0.2, -0.15) is 0 Å². The molecule has 0 unspecified atom stereocenters. The van der Waals surface area contributed by atoms with Crippen LogP contribution in [0.4, 0.5) is 29.3 Å². The second-order valence-electron chi connectivity index (χ2n) is 5.32. The summed E-state index contributed by atoms with van der Waals surface area (Å²) in [6, 6.07) is 11.1. The largest absolute Gasteiger partial charge is 0.573 e. The first-order chi connectivity index (χ1) is 12.7. The van der Waals surface area contributed by atoms with Crippen LogP contribution in [0.2, 0.25) is 0 Å². The lowest BCUT2D eigenvalue weighted by molar-refractivity contribution is -0.274. The molecule has 0 fully saturated rings. The van der Waals surface area contributed by atoms with E-state index >= 15 is 0 Å². The maximum atomic E-state index is 12.3. The molecule has 3 amide bonds. The highest BCUT2D eigenvalue weighted by Gasteiger charge is 2.31. The Kier molecular flexibility index (Phi) is 4.91. The molecular weight excluding hydrogens is 383 g/mol. The fraction of sp³-hybridized carbons (Fsp3) is 0.0588. The van der Waals surface area contributed by atoms with Crippen LogP contribution < -0.4 is 21.1 Å². The molecule has 0 spiro atoms. The Morgan fingerprint density at radius 3 is 2.48 bits per heavy atom. The monoisotopic (exact) mass is 395 g/mol. The van der Waals surface area contributed by atoms with Gasteiger partial charge in [-0.3, -0.25) is 4.79 Å². The Morgan fingerprint density at radius 1 is 1.04 bits per heavy atom. The molecule has 0 radical (unpaired) electrons. The van der Waals surface area contributed by atoms with Gasteiger partial charge in [0.15, 0.2) is 0 Å². The maximum absolute atomic E-state index is 12.3. The van der Waals surface area contributed by atoms with Crippen LogP contribution in [0.25, 0.3) is 10.1 Å². The minimum atomic E-state index is -4.84. The van der Waals surface area contributed by atoms with Crippen LogP contribution in [0.1, 0.15) is 9.67 Å². The number of alkyl halides is 3. The van der Waals surface area contributed by atoms with Gasteiger partial charge in [-0.25, -0.2) is 4.79 Å². The zero-order valence-corrected chi connectivity index (χ0v) is 14.3. The topological polar surface area (TPSA) is 93.5 Å². The number of anilines is 2. The third-order valence-electron chi connectivity index (χ3n) is 3.38. The number of amides is 3. The molecule has 3 aromatic rings. The van der Waals surface area contributed by atoms with Gasteiger partial charge in [-0.05, 0) is 18.2 Å². The average Bonchev–Trinajstić information content (AvgIpc) is 2.92. The summed E-state index contributed by atoms with van der Waals surface area (Å²) in [6.45, 7) is 0. The normalized spacial score (nSPS) is 11.2. The minimum Gasteiger partial charge on any atom is -0.406 e. The van der Waals surface area contributed by atoms with Gasteiger partial charge in [-0.1, -0.05) is 24.3 Å². The zero-order valence-electron chi connectivity index (χ0n) is 13.5. The van der Waals surface area contributed by atoms with Crippen molar-refractivity contribution in [2.75, 3.05) is 10.6 Å². The summed E-state index contributed by atoms with van der Waals surface area (Å²) in [5, 5.41) is 5.55. The van der Waals surface area contributed by atoms with E-state index in [-0.39, 0.29) is 16.3 Å². The Morgan fingerprint density at radius 2 is 1.78 bits per heavy atom. The number of fused-ring (bicyclic) bond motifs is 1. The first-order valence-corrected chi connectivity index (χ1v) is 8.30. The van der Waals surface area contributed by atoms with Gasteiger partial charge in [0.25, 0.3) is 5.91 Å². The second kappa shape index (κ2) is 7.16. The highest BCUT2D eigenvalue weighted by Crippen LogP contribution is 2.35. The van der Waals surface area contributed by atoms with Crippen molar-refractivity contribution < 1.29 is 27.5 Å². The van der Waals surface area contributed by atoms with Gasteiger partial charge in [-0.15, -0.1) is 24.5 Å². The van der Waals surface area contributed by atoms with Crippen LogP contribution in [0.15, 0.2) is 48.5 Å². The number of rotatable bonds is 4. The van der Waals surface area contributed by atoms with Gasteiger partial charge >= 0.3 is 12.4 Å². The summed E-state index contributed by atoms with van der Waals surface area (Å²) in [5.41, 5.74) is 5.68. The number of halogens is 3. The number of carbonyl (C=O) groups is 2. The molecular formula is C17H12F3N3O3S. The second-order valence-corrected chi connectivity index (χ2v) is 6.37. The molecule has 0 aliphatic carbocycles. The third kappa shape index (κ3) is 4.47. The molecule has 140 valence electrons. The highest BCUT2D eigenvalue weighted by atomic mass is 32.1. The van der Waals surface area contributed by atoms with E-state index < -0.39 is 24.1 Å². The number of benzene rings is 2. The molecule has 2 aromatic carbocycles. The summed E-state index contributed by atoms with van der Waals surface area (Å²) in [4.78, 5) is 24.1. The number of carbonyl (C=O) groups excluding carboxylic acids is 2. The van der Waals surface area contributed by atoms with Gasteiger partial charge in [0.1, 0.15) is 10.6 Å². The standard InChI is InChI=1S/C17H12F3N3O3S/c18-17(19,20)26-10-5-3-4-9(8-10)22-16(25)23-13-11-6-1-2-7-12(11)27-14(13)15(21)24/h1-8H,(H2,21,24)(H2,22,23,25). The molecule has 0 aliphatic heterocycles. The molecule has 1 aromatic heterocycles. The quantitative estimate of drug-likeness (QED) is 0.605. The van der Waals surface area contributed by atoms with Crippen molar-refractivity contribution in [1.82, 2.24) is 0 Å². The molecule has 0 bridgehead atoms. The van der Waals surface area contributed by atoms with Crippen molar-refractivity contribution in [1.29, 1.82) is 0 Å². The fourth-order valence-electron chi connectivity index (χ4n) is 2.39. The van der Waals surface area contributed by atoms with E-state index in [4.69, 9.17) is 5.73 Å². The number of primary amides is 1. The van der Waals surface area contributed by atoms with Crippen LogP contribution >= 0.6 is 11.3 Å². The third-order valence-corrected chi connectivity index (χ3v) is 4.57. The maximum Gasteiger partial charge on any atom is 0.573 e. The molecule has 6 nitrogen and oxygen atoms in total. The summed E-state index contributed by atoms with van der Waals surface area (Å²) in [6.07, 6.45) is -4.84. The Hall–Kier alpha value is -3.27. The zero-order chi connectivity index (χ0) is 19.6. The van der Waals surface area contributed by atoms with Crippen LogP contribution in [0.3, 0.4) is 0 Å². The van der Waals surface area contributed by atoms with Crippen LogP contribution in [0.5, 0.6) is 5.75 Å². The molecule has 27 heavy (non-hydrogen) atoms. The first kappa shape index (κ1) is 18.5. The summed E-state index contributed by atoms with van der Waals surface area (Å²) < 4.78 is 41.4. The molecule has 0 atom stereocenters. The molecule has 0 saturated carbocycles. The molecule has 4 N–H and O–H groups in total. The fourth-order valence-corrected chi connectivity index (χ4v) is 3.40. The molecule has 3 rings (SSSR count). The van der Waals surface area contributed by atoms with E-state index in [2.05, 4.69) is 15.4 Å². The predicted octanol–water partition coefficient (Wildman–Crippen LogP) is 4.54. The number of ether oxygens (including phenoxy) is 1. The number of thiophene rings is 1. The first-order valence-electron chi connectivity index (χ1n) is 7.48. The summed E-state index contributed by atoms with van der Waals surface area (Å²) in [5.74, 6) is -1.17.